The fourth-order valence-corrected chi connectivity index (χ4v) is 4.66. The second-order valence-corrected chi connectivity index (χ2v) is 8.47. The first-order valence-electron chi connectivity index (χ1n) is 10.8. The zero-order chi connectivity index (χ0) is 22.9. The lowest BCUT2D eigenvalue weighted by Crippen LogP contribution is -2.40. The molecule has 0 spiro atoms. The Balaban J connectivity index is 1.22. The molecule has 0 saturated carbocycles. The fourth-order valence-electron chi connectivity index (χ4n) is 4.66. The van der Waals surface area contributed by atoms with Crippen LogP contribution < -0.4 is 15.7 Å². The average molecular weight is 450 g/mol. The molecule has 3 aromatic rings. The summed E-state index contributed by atoms with van der Waals surface area (Å²) >= 11 is 0. The molecule has 0 aliphatic carbocycles. The number of rotatable bonds is 3. The van der Waals surface area contributed by atoms with Gasteiger partial charge < -0.3 is 9.80 Å². The van der Waals surface area contributed by atoms with Gasteiger partial charge in [-0.1, -0.05) is 0 Å². The number of hydroxylamine groups is 1. The number of carbonyl (C=O) groups excluding carboxylic acids is 2. The summed E-state index contributed by atoms with van der Waals surface area (Å²) in [6.07, 6.45) is 2.24. The molecule has 33 heavy (non-hydrogen) atoms. The predicted molar refractivity (Wildman–Crippen MR) is 120 cm³/mol. The number of hydrogen-bond donors (Lipinski definition) is 3. The van der Waals surface area contributed by atoms with Crippen molar-refractivity contribution in [3.8, 4) is 0 Å². The molecule has 10 heteroatoms. The number of pyridine rings is 2. The maximum atomic E-state index is 13.4. The monoisotopic (exact) mass is 450 g/mol. The van der Waals surface area contributed by atoms with Crippen LogP contribution in [0.2, 0.25) is 0 Å². The summed E-state index contributed by atoms with van der Waals surface area (Å²) in [5, 5.41) is 12.2. The first-order valence-corrected chi connectivity index (χ1v) is 10.8. The van der Waals surface area contributed by atoms with Crippen LogP contribution >= 0.6 is 0 Å². The molecule has 3 amide bonds. The number of amides is 3. The Hall–Kier alpha value is -3.79. The van der Waals surface area contributed by atoms with Gasteiger partial charge in [0, 0.05) is 37.8 Å². The third kappa shape index (κ3) is 4.29. The minimum absolute atomic E-state index is 0.190. The molecule has 1 aromatic carbocycles. The highest BCUT2D eigenvalue weighted by molar-refractivity contribution is 5.94. The molecule has 2 aliphatic rings. The van der Waals surface area contributed by atoms with Crippen LogP contribution in [0.4, 0.5) is 20.8 Å². The number of hydrogen-bond acceptors (Lipinski definition) is 6. The summed E-state index contributed by atoms with van der Waals surface area (Å²) in [7, 11) is 0. The zero-order valence-corrected chi connectivity index (χ0v) is 17.7. The Labute approximate surface area is 189 Å². The normalized spacial score (nSPS) is 19.9. The minimum atomic E-state index is -0.665. The van der Waals surface area contributed by atoms with Crippen molar-refractivity contribution in [2.45, 2.75) is 6.42 Å². The molecule has 2 unspecified atom stereocenters. The van der Waals surface area contributed by atoms with Crippen LogP contribution in [-0.2, 0) is 0 Å². The lowest BCUT2D eigenvalue weighted by molar-refractivity contribution is 0.0706. The van der Waals surface area contributed by atoms with Crippen LogP contribution in [0.1, 0.15) is 16.8 Å². The van der Waals surface area contributed by atoms with Crippen LogP contribution in [0.3, 0.4) is 0 Å². The van der Waals surface area contributed by atoms with Gasteiger partial charge in [0.1, 0.15) is 17.5 Å². The van der Waals surface area contributed by atoms with E-state index in [2.05, 4.69) is 15.2 Å². The highest BCUT2D eigenvalue weighted by Gasteiger charge is 2.39. The molecule has 2 saturated heterocycles. The average Bonchev–Trinajstić information content (AvgIpc) is 3.27. The standard InChI is InChI=1S/C23H23FN6O3/c24-18-3-4-19-14(9-18)2-6-21(26-19)29-8-7-16-11-30(13-17(16)12-29)23(32)27-20-5-1-15(10-25-20)22(31)28-33/h1-6,9-10,16-17,33H,7-8,11-13H2,(H,28,31)(H,25,27,32). The van der Waals surface area contributed by atoms with Gasteiger partial charge in [-0.25, -0.2) is 24.6 Å². The van der Waals surface area contributed by atoms with Crippen molar-refractivity contribution in [3.05, 3.63) is 60.0 Å². The van der Waals surface area contributed by atoms with Crippen molar-refractivity contribution in [3.63, 3.8) is 0 Å². The molecule has 2 atom stereocenters. The van der Waals surface area contributed by atoms with E-state index in [1.54, 1.807) is 16.4 Å². The third-order valence-electron chi connectivity index (χ3n) is 6.41. The van der Waals surface area contributed by atoms with Crippen molar-refractivity contribution in [1.82, 2.24) is 20.3 Å². The molecule has 5 rings (SSSR count). The van der Waals surface area contributed by atoms with Gasteiger partial charge >= 0.3 is 6.03 Å². The van der Waals surface area contributed by atoms with Gasteiger partial charge in [-0.05, 0) is 60.7 Å². The van der Waals surface area contributed by atoms with E-state index >= 15 is 0 Å². The number of anilines is 2. The summed E-state index contributed by atoms with van der Waals surface area (Å²) in [6, 6.07) is 11.2. The highest BCUT2D eigenvalue weighted by atomic mass is 19.1. The second kappa shape index (κ2) is 8.62. The number of urea groups is 1. The maximum Gasteiger partial charge on any atom is 0.323 e. The molecule has 0 bridgehead atoms. The fraction of sp³-hybridized carbons (Fsp3) is 0.304. The van der Waals surface area contributed by atoms with Gasteiger partial charge in [0.05, 0.1) is 11.1 Å². The number of nitrogens with one attached hydrogen (secondary N) is 2. The van der Waals surface area contributed by atoms with Gasteiger partial charge in [-0.2, -0.15) is 0 Å². The van der Waals surface area contributed by atoms with Crippen LogP contribution in [0.25, 0.3) is 10.9 Å². The summed E-state index contributed by atoms with van der Waals surface area (Å²) in [4.78, 5) is 36.9. The van der Waals surface area contributed by atoms with Crippen molar-refractivity contribution in [2.24, 2.45) is 11.8 Å². The first kappa shape index (κ1) is 21.1. The van der Waals surface area contributed by atoms with Gasteiger partial charge in [0.25, 0.3) is 5.91 Å². The molecule has 2 aromatic heterocycles. The molecule has 2 aliphatic heterocycles. The van der Waals surface area contributed by atoms with E-state index in [1.165, 1.54) is 30.5 Å². The number of nitrogens with zero attached hydrogens (tertiary/aromatic N) is 4. The van der Waals surface area contributed by atoms with Crippen LogP contribution in [-0.4, -0.2) is 58.2 Å². The van der Waals surface area contributed by atoms with Gasteiger partial charge in [0.15, 0.2) is 0 Å². The van der Waals surface area contributed by atoms with Crippen molar-refractivity contribution < 1.29 is 19.2 Å². The summed E-state index contributed by atoms with van der Waals surface area (Å²) < 4.78 is 13.4. The molecular weight excluding hydrogens is 427 g/mol. The van der Waals surface area contributed by atoms with E-state index in [1.807, 2.05) is 12.1 Å². The predicted octanol–water partition coefficient (Wildman–Crippen LogP) is 2.88. The molecule has 0 radical (unpaired) electrons. The van der Waals surface area contributed by atoms with E-state index in [9.17, 15) is 14.0 Å². The molecule has 3 N–H and O–H groups in total. The Kier molecular flexibility index (Phi) is 5.51. The number of halogens is 1. The van der Waals surface area contributed by atoms with Gasteiger partial charge in [0.2, 0.25) is 0 Å². The molecule has 170 valence electrons. The number of fused-ring (bicyclic) bond motifs is 2. The number of piperidine rings is 1. The van der Waals surface area contributed by atoms with E-state index < -0.39 is 5.91 Å². The van der Waals surface area contributed by atoms with Crippen molar-refractivity contribution >= 4 is 34.5 Å². The van der Waals surface area contributed by atoms with Crippen molar-refractivity contribution in [1.29, 1.82) is 0 Å². The number of likely N-dealkylation sites (tertiary alicyclic amines) is 1. The Morgan fingerprint density at radius 1 is 1.06 bits per heavy atom. The summed E-state index contributed by atoms with van der Waals surface area (Å²) in [6.45, 7) is 2.97. The van der Waals surface area contributed by atoms with Crippen LogP contribution in [0.5, 0.6) is 0 Å². The number of aromatic nitrogens is 2. The van der Waals surface area contributed by atoms with Crippen LogP contribution in [0, 0.1) is 17.7 Å². The molecule has 2 fully saturated rings. The number of carbonyl (C=O) groups is 2. The third-order valence-corrected chi connectivity index (χ3v) is 6.41. The lowest BCUT2D eigenvalue weighted by atomic mass is 9.89. The highest BCUT2D eigenvalue weighted by Crippen LogP contribution is 2.33. The largest absolute Gasteiger partial charge is 0.356 e. The number of benzene rings is 1. The SMILES string of the molecule is O=C(NO)c1ccc(NC(=O)N2CC3CCN(c4ccc5cc(F)ccc5n4)CC3C2)nc1. The molecule has 4 heterocycles. The van der Waals surface area contributed by atoms with Gasteiger partial charge in [-0.15, -0.1) is 0 Å². The van der Waals surface area contributed by atoms with E-state index in [0.717, 1.165) is 36.2 Å². The topological polar surface area (TPSA) is 111 Å². The minimum Gasteiger partial charge on any atom is -0.356 e. The maximum absolute atomic E-state index is 13.4. The van der Waals surface area contributed by atoms with E-state index in [0.29, 0.717) is 30.7 Å². The second-order valence-electron chi connectivity index (χ2n) is 8.47. The summed E-state index contributed by atoms with van der Waals surface area (Å²) in [5.41, 5.74) is 2.50. The van der Waals surface area contributed by atoms with E-state index in [4.69, 9.17) is 10.2 Å². The van der Waals surface area contributed by atoms with Gasteiger partial charge in [-0.3, -0.25) is 15.3 Å². The Bertz CT molecular complexity index is 1200. The Morgan fingerprint density at radius 2 is 1.91 bits per heavy atom. The summed E-state index contributed by atoms with van der Waals surface area (Å²) in [5.74, 6) is 1.02. The molecule has 9 nitrogen and oxygen atoms in total. The zero-order valence-electron chi connectivity index (χ0n) is 17.7. The lowest BCUT2D eigenvalue weighted by Gasteiger charge is -2.35. The Morgan fingerprint density at radius 3 is 2.70 bits per heavy atom. The van der Waals surface area contributed by atoms with E-state index in [-0.39, 0.29) is 17.4 Å². The van der Waals surface area contributed by atoms with Crippen molar-refractivity contribution in [2.75, 3.05) is 36.4 Å². The molecular formula is C23H23FN6O3. The van der Waals surface area contributed by atoms with Crippen LogP contribution in [0.15, 0.2) is 48.7 Å². The smallest absolute Gasteiger partial charge is 0.323 e. The quantitative estimate of drug-likeness (QED) is 0.418. The first-order chi connectivity index (χ1) is 16.0.